The van der Waals surface area contributed by atoms with Crippen LogP contribution in [0.5, 0.6) is 0 Å². The van der Waals surface area contributed by atoms with Gasteiger partial charge in [0.25, 0.3) is 5.91 Å². The van der Waals surface area contributed by atoms with E-state index in [1.165, 1.54) is 38.5 Å². The molecule has 2 aromatic rings. The molecule has 0 radical (unpaired) electrons. The van der Waals surface area contributed by atoms with E-state index in [-0.39, 0.29) is 5.91 Å². The largest absolute Gasteiger partial charge is 0.336 e. The van der Waals surface area contributed by atoms with Gasteiger partial charge in [0.2, 0.25) is 0 Å². The first-order chi connectivity index (χ1) is 11.3. The molecule has 1 N–H and O–H groups in total. The number of pyridine rings is 1. The number of nitrogens with one attached hydrogen (secondary N) is 1. The van der Waals surface area contributed by atoms with Crippen LogP contribution in [0, 0.1) is 11.8 Å². The molecule has 1 amide bonds. The molecule has 5 heteroatoms. The van der Waals surface area contributed by atoms with Gasteiger partial charge >= 0.3 is 0 Å². The second-order valence-electron chi connectivity index (χ2n) is 7.01. The van der Waals surface area contributed by atoms with Crippen molar-refractivity contribution in [3.8, 4) is 0 Å². The predicted octanol–water partition coefficient (Wildman–Crippen LogP) is 3.39. The number of carbonyl (C=O) groups is 1. The first kappa shape index (κ1) is 14.7. The van der Waals surface area contributed by atoms with E-state index in [1.54, 1.807) is 6.20 Å². The van der Waals surface area contributed by atoms with E-state index >= 15 is 0 Å². The Morgan fingerprint density at radius 3 is 2.78 bits per heavy atom. The van der Waals surface area contributed by atoms with Gasteiger partial charge < -0.3 is 9.88 Å². The van der Waals surface area contributed by atoms with Gasteiger partial charge in [-0.3, -0.25) is 4.79 Å². The number of hydrogen-bond acceptors (Lipinski definition) is 3. The summed E-state index contributed by atoms with van der Waals surface area (Å²) in [5, 5.41) is 0. The molecular weight excluding hydrogens is 288 g/mol. The summed E-state index contributed by atoms with van der Waals surface area (Å²) in [5.41, 5.74) is 1.45. The number of carbonyl (C=O) groups excluding carboxylic acids is 1. The number of likely N-dealkylation sites (tertiary alicyclic amines) is 1. The van der Waals surface area contributed by atoms with Crippen molar-refractivity contribution < 1.29 is 4.79 Å². The van der Waals surface area contributed by atoms with Crippen LogP contribution >= 0.6 is 0 Å². The Bertz CT molecular complexity index is 656. The minimum Gasteiger partial charge on any atom is -0.336 e. The van der Waals surface area contributed by atoms with Crippen LogP contribution in [0.2, 0.25) is 0 Å². The number of rotatable bonds is 2. The van der Waals surface area contributed by atoms with Crippen LogP contribution in [0.15, 0.2) is 18.3 Å². The first-order valence-corrected chi connectivity index (χ1v) is 8.91. The van der Waals surface area contributed by atoms with Gasteiger partial charge in [0.1, 0.15) is 0 Å². The third-order valence-electron chi connectivity index (χ3n) is 5.52. The van der Waals surface area contributed by atoms with Crippen LogP contribution in [-0.4, -0.2) is 38.8 Å². The zero-order valence-corrected chi connectivity index (χ0v) is 13.5. The fraction of sp³-hybridized carbons (Fsp3) is 0.611. The van der Waals surface area contributed by atoms with Gasteiger partial charge in [-0.1, -0.05) is 32.1 Å². The molecule has 3 heterocycles. The van der Waals surface area contributed by atoms with E-state index in [0.29, 0.717) is 17.4 Å². The average Bonchev–Trinajstić information content (AvgIpc) is 3.06. The van der Waals surface area contributed by atoms with Crippen LogP contribution in [-0.2, 0) is 0 Å². The van der Waals surface area contributed by atoms with Crippen molar-refractivity contribution in [2.45, 2.75) is 44.9 Å². The van der Waals surface area contributed by atoms with Crippen molar-refractivity contribution in [1.29, 1.82) is 0 Å². The lowest BCUT2D eigenvalue weighted by atomic mass is 9.76. The summed E-state index contributed by atoms with van der Waals surface area (Å²) in [4.78, 5) is 26.5. The van der Waals surface area contributed by atoms with Crippen LogP contribution in [0.25, 0.3) is 11.2 Å². The normalized spacial score (nSPS) is 23.3. The van der Waals surface area contributed by atoms with E-state index < -0.39 is 0 Å². The molecule has 1 aliphatic heterocycles. The molecule has 2 aliphatic rings. The molecule has 1 saturated carbocycles. The standard InChI is InChI=1S/C18H24N4O/c23-18(17-20-15-9-4-10-19-16(15)21-17)22-11-5-8-14(12-22)13-6-2-1-3-7-13/h4,9-10,13-14H,1-3,5-8,11-12H2,(H,19,20,21)/t14-/m1/s1. The van der Waals surface area contributed by atoms with Crippen molar-refractivity contribution in [3.05, 3.63) is 24.2 Å². The maximum Gasteiger partial charge on any atom is 0.289 e. The van der Waals surface area contributed by atoms with Gasteiger partial charge in [-0.15, -0.1) is 0 Å². The average molecular weight is 312 g/mol. The summed E-state index contributed by atoms with van der Waals surface area (Å²) < 4.78 is 0. The number of aromatic amines is 1. The van der Waals surface area contributed by atoms with E-state index in [9.17, 15) is 4.79 Å². The molecule has 2 aromatic heterocycles. The molecule has 0 spiro atoms. The molecule has 122 valence electrons. The molecule has 0 bridgehead atoms. The van der Waals surface area contributed by atoms with Gasteiger partial charge in [-0.2, -0.15) is 0 Å². The Kier molecular flexibility index (Phi) is 4.02. The van der Waals surface area contributed by atoms with Crippen LogP contribution in [0.3, 0.4) is 0 Å². The lowest BCUT2D eigenvalue weighted by Gasteiger charge is -2.38. The summed E-state index contributed by atoms with van der Waals surface area (Å²) >= 11 is 0. The summed E-state index contributed by atoms with van der Waals surface area (Å²) in [7, 11) is 0. The van der Waals surface area contributed by atoms with Crippen molar-refractivity contribution in [2.75, 3.05) is 13.1 Å². The molecule has 23 heavy (non-hydrogen) atoms. The molecule has 1 aliphatic carbocycles. The molecule has 0 unspecified atom stereocenters. The number of amides is 1. The highest BCUT2D eigenvalue weighted by Gasteiger charge is 2.31. The van der Waals surface area contributed by atoms with Gasteiger partial charge in [0, 0.05) is 19.3 Å². The quantitative estimate of drug-likeness (QED) is 0.924. The number of piperidine rings is 1. The lowest BCUT2D eigenvalue weighted by Crippen LogP contribution is -2.42. The van der Waals surface area contributed by atoms with Crippen molar-refractivity contribution in [3.63, 3.8) is 0 Å². The first-order valence-electron chi connectivity index (χ1n) is 8.91. The zero-order valence-electron chi connectivity index (χ0n) is 13.5. The van der Waals surface area contributed by atoms with Crippen molar-refractivity contribution in [2.24, 2.45) is 11.8 Å². The Balaban J connectivity index is 1.48. The van der Waals surface area contributed by atoms with Gasteiger partial charge in [-0.25, -0.2) is 9.97 Å². The molecule has 4 rings (SSSR count). The van der Waals surface area contributed by atoms with Gasteiger partial charge in [-0.05, 0) is 36.8 Å². The number of aromatic nitrogens is 3. The zero-order chi connectivity index (χ0) is 15.6. The van der Waals surface area contributed by atoms with Crippen LogP contribution in [0.1, 0.15) is 55.6 Å². The fourth-order valence-corrected chi connectivity index (χ4v) is 4.28. The maximum absolute atomic E-state index is 12.8. The van der Waals surface area contributed by atoms with E-state index in [2.05, 4.69) is 15.0 Å². The van der Waals surface area contributed by atoms with Crippen molar-refractivity contribution in [1.82, 2.24) is 19.9 Å². The molecule has 5 nitrogen and oxygen atoms in total. The Morgan fingerprint density at radius 2 is 1.96 bits per heavy atom. The lowest BCUT2D eigenvalue weighted by molar-refractivity contribution is 0.0590. The number of imidazole rings is 1. The molecule has 1 atom stereocenters. The molecule has 1 saturated heterocycles. The van der Waals surface area contributed by atoms with E-state index in [4.69, 9.17) is 0 Å². The third-order valence-corrected chi connectivity index (χ3v) is 5.52. The third kappa shape index (κ3) is 2.96. The Morgan fingerprint density at radius 1 is 1.13 bits per heavy atom. The molecular formula is C18H24N4O. The number of hydrogen-bond donors (Lipinski definition) is 1. The topological polar surface area (TPSA) is 61.9 Å². The minimum absolute atomic E-state index is 0.0310. The highest BCUT2D eigenvalue weighted by Crippen LogP contribution is 2.35. The molecule has 0 aromatic carbocycles. The Hall–Kier alpha value is -1.91. The second kappa shape index (κ2) is 6.30. The predicted molar refractivity (Wildman–Crippen MR) is 89.1 cm³/mol. The summed E-state index contributed by atoms with van der Waals surface area (Å²) in [5.74, 6) is 1.96. The summed E-state index contributed by atoms with van der Waals surface area (Å²) in [6.45, 7) is 1.75. The number of nitrogens with zero attached hydrogens (tertiary/aromatic N) is 3. The molecule has 2 fully saturated rings. The highest BCUT2D eigenvalue weighted by molar-refractivity contribution is 5.93. The van der Waals surface area contributed by atoms with E-state index in [1.807, 2.05) is 17.0 Å². The van der Waals surface area contributed by atoms with Gasteiger partial charge in [0.15, 0.2) is 11.5 Å². The summed E-state index contributed by atoms with van der Waals surface area (Å²) in [6, 6.07) is 3.77. The monoisotopic (exact) mass is 312 g/mol. The number of fused-ring (bicyclic) bond motifs is 1. The Labute approximate surface area is 136 Å². The number of H-pyrrole nitrogens is 1. The van der Waals surface area contributed by atoms with Crippen LogP contribution < -0.4 is 0 Å². The second-order valence-corrected chi connectivity index (χ2v) is 7.01. The van der Waals surface area contributed by atoms with Crippen molar-refractivity contribution >= 4 is 17.1 Å². The van der Waals surface area contributed by atoms with Crippen LogP contribution in [0.4, 0.5) is 0 Å². The highest BCUT2D eigenvalue weighted by atomic mass is 16.2. The SMILES string of the molecule is O=C(c1nc2ncccc2[nH]1)N1CCC[C@@H](C2CCCCC2)C1. The fourth-order valence-electron chi connectivity index (χ4n) is 4.28. The minimum atomic E-state index is 0.0310. The van der Waals surface area contributed by atoms with E-state index in [0.717, 1.165) is 30.9 Å². The summed E-state index contributed by atoms with van der Waals surface area (Å²) in [6.07, 6.45) is 10.9. The maximum atomic E-state index is 12.8. The smallest absolute Gasteiger partial charge is 0.289 e. The van der Waals surface area contributed by atoms with Gasteiger partial charge in [0.05, 0.1) is 5.52 Å².